The topological polar surface area (TPSA) is 58.2 Å². The summed E-state index contributed by atoms with van der Waals surface area (Å²) in [4.78, 5) is 23.1. The molecule has 0 heterocycles. The summed E-state index contributed by atoms with van der Waals surface area (Å²) in [5.41, 5.74) is 1.08. The Kier molecular flexibility index (Phi) is 5.61. The molecule has 0 aliphatic rings. The smallest absolute Gasteiger partial charge is 0.344 e. The van der Waals surface area contributed by atoms with E-state index in [9.17, 15) is 22.8 Å². The minimum absolute atomic E-state index is 0.327. The van der Waals surface area contributed by atoms with Gasteiger partial charge in [-0.25, -0.2) is 0 Å². The van der Waals surface area contributed by atoms with E-state index in [1.54, 1.807) is 47.8 Å². The van der Waals surface area contributed by atoms with Crippen LogP contribution in [0.4, 0.5) is 18.9 Å². The zero-order valence-electron chi connectivity index (χ0n) is 12.2. The number of para-hydroxylation sites is 1. The highest BCUT2D eigenvalue weighted by atomic mass is 79.9. The number of halogens is 4. The van der Waals surface area contributed by atoms with Gasteiger partial charge in [0.1, 0.15) is 0 Å². The number of carbonyl (C=O) groups is 2. The molecule has 0 saturated heterocycles. The maximum atomic E-state index is 12.2. The Morgan fingerprint density at radius 1 is 1.00 bits per heavy atom. The highest BCUT2D eigenvalue weighted by Gasteiger charge is 2.38. The molecule has 0 radical (unpaired) electrons. The summed E-state index contributed by atoms with van der Waals surface area (Å²) < 4.78 is 37.5. The molecule has 0 bridgehead atoms. The average molecular weight is 401 g/mol. The van der Waals surface area contributed by atoms with Gasteiger partial charge in [0, 0.05) is 22.3 Å². The van der Waals surface area contributed by atoms with Crippen LogP contribution in [0.1, 0.15) is 15.9 Å². The van der Waals surface area contributed by atoms with Crippen molar-refractivity contribution >= 4 is 33.4 Å². The minimum atomic E-state index is -4.95. The van der Waals surface area contributed by atoms with E-state index in [-0.39, 0.29) is 6.54 Å². The van der Waals surface area contributed by atoms with E-state index in [1.165, 1.54) is 6.07 Å². The summed E-state index contributed by atoms with van der Waals surface area (Å²) in [6.07, 6.45) is -4.95. The Bertz CT molecular complexity index is 746. The van der Waals surface area contributed by atoms with Gasteiger partial charge in [0.05, 0.1) is 0 Å². The molecule has 24 heavy (non-hydrogen) atoms. The standard InChI is InChI=1S/C16H12BrF3N2O2/c17-12-7-5-10(6-8-12)14(23)22-13-4-2-1-3-11(13)9-21-15(24)16(18,19)20/h1-8H,9H2,(H,21,24)(H,22,23). The Hall–Kier alpha value is -2.35. The van der Waals surface area contributed by atoms with Crippen LogP contribution < -0.4 is 10.6 Å². The van der Waals surface area contributed by atoms with Gasteiger partial charge in [-0.15, -0.1) is 0 Å². The first-order valence-electron chi connectivity index (χ1n) is 6.77. The van der Waals surface area contributed by atoms with Crippen LogP contribution in [-0.2, 0) is 11.3 Å². The molecule has 8 heteroatoms. The van der Waals surface area contributed by atoms with Crippen molar-refractivity contribution in [1.82, 2.24) is 5.32 Å². The number of carbonyl (C=O) groups excluding carboxylic acids is 2. The maximum Gasteiger partial charge on any atom is 0.471 e. The van der Waals surface area contributed by atoms with E-state index in [0.29, 0.717) is 16.8 Å². The van der Waals surface area contributed by atoms with E-state index in [0.717, 1.165) is 4.47 Å². The van der Waals surface area contributed by atoms with Crippen molar-refractivity contribution in [3.05, 3.63) is 64.1 Å². The first-order valence-corrected chi connectivity index (χ1v) is 7.56. The first kappa shape index (κ1) is 18.0. The van der Waals surface area contributed by atoms with Gasteiger partial charge in [-0.3, -0.25) is 9.59 Å². The molecule has 0 aromatic heterocycles. The van der Waals surface area contributed by atoms with Crippen molar-refractivity contribution in [2.24, 2.45) is 0 Å². The van der Waals surface area contributed by atoms with Gasteiger partial charge < -0.3 is 10.6 Å². The van der Waals surface area contributed by atoms with Crippen LogP contribution >= 0.6 is 15.9 Å². The third-order valence-electron chi connectivity index (χ3n) is 3.07. The second-order valence-electron chi connectivity index (χ2n) is 4.80. The summed E-state index contributed by atoms with van der Waals surface area (Å²) in [5.74, 6) is -2.44. The van der Waals surface area contributed by atoms with E-state index < -0.39 is 18.0 Å². The first-order chi connectivity index (χ1) is 11.3. The number of nitrogens with one attached hydrogen (secondary N) is 2. The van der Waals surface area contributed by atoms with Gasteiger partial charge >= 0.3 is 12.1 Å². The molecule has 0 spiro atoms. The number of hydrogen-bond donors (Lipinski definition) is 2. The molecule has 2 amide bonds. The van der Waals surface area contributed by atoms with Gasteiger partial charge in [0.25, 0.3) is 5.91 Å². The fourth-order valence-electron chi connectivity index (χ4n) is 1.87. The number of anilines is 1. The third kappa shape index (κ3) is 4.82. The molecule has 0 aliphatic heterocycles. The normalized spacial score (nSPS) is 11.0. The highest BCUT2D eigenvalue weighted by molar-refractivity contribution is 9.10. The van der Waals surface area contributed by atoms with Crippen molar-refractivity contribution in [3.8, 4) is 0 Å². The van der Waals surface area contributed by atoms with Crippen molar-refractivity contribution in [1.29, 1.82) is 0 Å². The molecular weight excluding hydrogens is 389 g/mol. The fourth-order valence-corrected chi connectivity index (χ4v) is 2.13. The van der Waals surface area contributed by atoms with Crippen LogP contribution in [0.3, 0.4) is 0 Å². The van der Waals surface area contributed by atoms with Gasteiger partial charge in [-0.2, -0.15) is 13.2 Å². The van der Waals surface area contributed by atoms with Crippen molar-refractivity contribution in [3.63, 3.8) is 0 Å². The predicted octanol–water partition coefficient (Wildman–Crippen LogP) is 3.88. The van der Waals surface area contributed by atoms with Gasteiger partial charge in [0.15, 0.2) is 0 Å². The largest absolute Gasteiger partial charge is 0.471 e. The molecule has 4 nitrogen and oxygen atoms in total. The lowest BCUT2D eigenvalue weighted by Gasteiger charge is -2.13. The average Bonchev–Trinajstić information content (AvgIpc) is 2.53. The van der Waals surface area contributed by atoms with Gasteiger partial charge in [-0.1, -0.05) is 34.1 Å². The number of alkyl halides is 3. The highest BCUT2D eigenvalue weighted by Crippen LogP contribution is 2.19. The lowest BCUT2D eigenvalue weighted by molar-refractivity contribution is -0.173. The number of benzene rings is 2. The summed E-state index contributed by atoms with van der Waals surface area (Å²) >= 11 is 3.26. The molecule has 0 atom stereocenters. The summed E-state index contributed by atoms with van der Waals surface area (Å²) in [7, 11) is 0. The van der Waals surface area contributed by atoms with Crippen LogP contribution in [0.5, 0.6) is 0 Å². The fraction of sp³-hybridized carbons (Fsp3) is 0.125. The van der Waals surface area contributed by atoms with E-state index in [4.69, 9.17) is 0 Å². The second kappa shape index (κ2) is 7.48. The van der Waals surface area contributed by atoms with Gasteiger partial charge in [-0.05, 0) is 35.9 Å². The van der Waals surface area contributed by atoms with Crippen LogP contribution in [0, 0.1) is 0 Å². The Labute approximate surface area is 144 Å². The maximum absolute atomic E-state index is 12.2. The van der Waals surface area contributed by atoms with Crippen molar-refractivity contribution in [2.75, 3.05) is 5.32 Å². The van der Waals surface area contributed by atoms with Crippen LogP contribution in [0.2, 0.25) is 0 Å². The molecule has 2 N–H and O–H groups in total. The summed E-state index contributed by atoms with van der Waals surface area (Å²) in [5, 5.41) is 4.40. The van der Waals surface area contributed by atoms with Gasteiger partial charge in [0.2, 0.25) is 0 Å². The molecule has 0 aliphatic carbocycles. The van der Waals surface area contributed by atoms with Crippen molar-refractivity contribution in [2.45, 2.75) is 12.7 Å². The molecule has 0 saturated carbocycles. The number of hydrogen-bond acceptors (Lipinski definition) is 2. The zero-order chi connectivity index (χ0) is 17.7. The molecule has 2 aromatic carbocycles. The second-order valence-corrected chi connectivity index (χ2v) is 5.71. The van der Waals surface area contributed by atoms with Crippen molar-refractivity contribution < 1.29 is 22.8 Å². The van der Waals surface area contributed by atoms with Crippen LogP contribution in [0.25, 0.3) is 0 Å². The Morgan fingerprint density at radius 3 is 2.25 bits per heavy atom. The molecule has 126 valence electrons. The molecule has 0 fully saturated rings. The minimum Gasteiger partial charge on any atom is -0.344 e. The van der Waals surface area contributed by atoms with E-state index in [2.05, 4.69) is 21.2 Å². The Balaban J connectivity index is 2.10. The monoisotopic (exact) mass is 400 g/mol. The third-order valence-corrected chi connectivity index (χ3v) is 3.60. The molecule has 2 aromatic rings. The lowest BCUT2D eigenvalue weighted by atomic mass is 10.1. The number of amides is 2. The SMILES string of the molecule is O=C(Nc1ccccc1CNC(=O)C(F)(F)F)c1ccc(Br)cc1. The van der Waals surface area contributed by atoms with Crippen LogP contribution in [0.15, 0.2) is 53.0 Å². The summed E-state index contributed by atoms with van der Waals surface area (Å²) in [6.45, 7) is -0.352. The quantitative estimate of drug-likeness (QED) is 0.817. The zero-order valence-corrected chi connectivity index (χ0v) is 13.7. The molecule has 2 rings (SSSR count). The van der Waals surface area contributed by atoms with Crippen LogP contribution in [-0.4, -0.2) is 18.0 Å². The Morgan fingerprint density at radius 2 is 1.62 bits per heavy atom. The van der Waals surface area contributed by atoms with E-state index >= 15 is 0 Å². The number of rotatable bonds is 4. The lowest BCUT2D eigenvalue weighted by Crippen LogP contribution is -2.36. The molecular formula is C16H12BrF3N2O2. The van der Waals surface area contributed by atoms with E-state index in [1.807, 2.05) is 0 Å². The molecule has 0 unspecified atom stereocenters. The predicted molar refractivity (Wildman–Crippen MR) is 86.4 cm³/mol. The summed E-state index contributed by atoms with van der Waals surface area (Å²) in [6, 6.07) is 12.9.